The van der Waals surface area contributed by atoms with Crippen LogP contribution in [0.2, 0.25) is 0 Å². The summed E-state index contributed by atoms with van der Waals surface area (Å²) in [6.07, 6.45) is -6.43. The number of piperidine rings is 1. The third-order valence-electron chi connectivity index (χ3n) is 11.2. The van der Waals surface area contributed by atoms with E-state index in [2.05, 4.69) is 20.9 Å². The average molecular weight is 886 g/mol. The summed E-state index contributed by atoms with van der Waals surface area (Å²) in [5, 5.41) is 17.0. The molecule has 2 atom stereocenters. The first-order valence-corrected chi connectivity index (χ1v) is 20.1. The van der Waals surface area contributed by atoms with Gasteiger partial charge in [0.15, 0.2) is 10.8 Å². The van der Waals surface area contributed by atoms with Crippen LogP contribution in [0.1, 0.15) is 62.3 Å². The first kappa shape index (κ1) is 44.2. The fourth-order valence-electron chi connectivity index (χ4n) is 7.83. The smallest absolute Gasteiger partial charge is 0.419 e. The zero-order valence-corrected chi connectivity index (χ0v) is 34.2. The Labute approximate surface area is 357 Å². The molecule has 0 bridgehead atoms. The molecule has 3 aromatic rings. The summed E-state index contributed by atoms with van der Waals surface area (Å²) in [5.41, 5.74) is -1.67. The standard InChI is InChI=1S/C41H41F6N9O5S/c1-39(2)37(60)55(27-18-29(40(42,43)44)31(19-48)49-20-27)38(62)56(39)26-8-10-32(28(17-26)23-6-7-23)61-15-14-53-12-13-54(33(21-53)41(45,46)47)22-35(58)51-25-5-3-4-24(16-25)50-30-9-11-34(57)52-36(30)59/h3-5,8,10,16-18,20,23,30,33,50H,6-7,9,11-15,21-22H2,1-2H3,(H,51,58)(H,52,57,59). The van der Waals surface area contributed by atoms with Crippen molar-refractivity contribution in [1.29, 1.82) is 5.26 Å². The van der Waals surface area contributed by atoms with Gasteiger partial charge in [-0.05, 0) is 99.3 Å². The lowest BCUT2D eigenvalue weighted by molar-refractivity contribution is -0.197. The fraction of sp³-hybridized carbons (Fsp3) is 0.439. The summed E-state index contributed by atoms with van der Waals surface area (Å²) < 4.78 is 90.7. The molecule has 4 amide bonds. The lowest BCUT2D eigenvalue weighted by Gasteiger charge is -2.41. The van der Waals surface area contributed by atoms with Crippen LogP contribution in [0.5, 0.6) is 5.75 Å². The number of alkyl halides is 6. The number of piperazine rings is 1. The predicted octanol–water partition coefficient (Wildman–Crippen LogP) is 5.55. The number of nitriles is 1. The summed E-state index contributed by atoms with van der Waals surface area (Å²) in [6, 6.07) is 11.0. The minimum atomic E-state index is -4.91. The Kier molecular flexibility index (Phi) is 12.2. The van der Waals surface area contributed by atoms with Crippen molar-refractivity contribution in [1.82, 2.24) is 20.1 Å². The monoisotopic (exact) mass is 885 g/mol. The lowest BCUT2D eigenvalue weighted by Crippen LogP contribution is -2.60. The van der Waals surface area contributed by atoms with Crippen molar-refractivity contribution in [2.75, 3.05) is 59.8 Å². The van der Waals surface area contributed by atoms with E-state index in [4.69, 9.17) is 17.0 Å². The van der Waals surface area contributed by atoms with Crippen molar-refractivity contribution in [3.05, 3.63) is 71.5 Å². The van der Waals surface area contributed by atoms with Crippen LogP contribution in [0.25, 0.3) is 0 Å². The van der Waals surface area contributed by atoms with E-state index in [1.807, 2.05) is 0 Å². The second-order valence-corrected chi connectivity index (χ2v) is 16.3. The second kappa shape index (κ2) is 17.1. The van der Waals surface area contributed by atoms with Crippen LogP contribution < -0.4 is 30.5 Å². The van der Waals surface area contributed by atoms with Crippen LogP contribution in [0.15, 0.2) is 54.7 Å². The molecule has 3 N–H and O–H groups in total. The molecular weight excluding hydrogens is 845 g/mol. The van der Waals surface area contributed by atoms with Crippen molar-refractivity contribution in [2.45, 2.75) is 75.4 Å². The van der Waals surface area contributed by atoms with Crippen molar-refractivity contribution in [3.63, 3.8) is 0 Å². The van der Waals surface area contributed by atoms with Gasteiger partial charge in [-0.3, -0.25) is 39.2 Å². The number of aromatic nitrogens is 1. The van der Waals surface area contributed by atoms with Gasteiger partial charge in [0.1, 0.15) is 36.0 Å². The molecule has 3 saturated heterocycles. The highest BCUT2D eigenvalue weighted by atomic mass is 32.1. The van der Waals surface area contributed by atoms with E-state index in [1.165, 1.54) is 11.0 Å². The number of benzene rings is 2. The van der Waals surface area contributed by atoms with Crippen LogP contribution in [0.3, 0.4) is 0 Å². The van der Waals surface area contributed by atoms with Gasteiger partial charge in [-0.1, -0.05) is 6.07 Å². The van der Waals surface area contributed by atoms with E-state index >= 15 is 0 Å². The molecule has 2 unspecified atom stereocenters. The summed E-state index contributed by atoms with van der Waals surface area (Å²) in [4.78, 5) is 59.2. The number of anilines is 4. The van der Waals surface area contributed by atoms with E-state index in [9.17, 15) is 50.8 Å². The molecule has 0 spiro atoms. The lowest BCUT2D eigenvalue weighted by atomic mass is 10.0. The zero-order chi connectivity index (χ0) is 44.7. The normalized spacial score (nSPS) is 21.1. The van der Waals surface area contributed by atoms with Gasteiger partial charge in [-0.25, -0.2) is 4.98 Å². The third kappa shape index (κ3) is 9.46. The number of pyridine rings is 1. The fourth-order valence-corrected chi connectivity index (χ4v) is 8.35. The highest BCUT2D eigenvalue weighted by Gasteiger charge is 2.51. The van der Waals surface area contributed by atoms with E-state index < -0.39 is 72.0 Å². The highest BCUT2D eigenvalue weighted by molar-refractivity contribution is 7.81. The number of ether oxygens (including phenoxy) is 1. The number of carbonyl (C=O) groups excluding carboxylic acids is 4. The number of amides is 4. The van der Waals surface area contributed by atoms with Gasteiger partial charge in [-0.15, -0.1) is 0 Å². The SMILES string of the molecule is CC1(C)C(=O)N(c2cnc(C#N)c(C(F)(F)F)c2)C(=S)N1c1ccc(OCCN2CCN(CC(=O)Nc3cccc(NC4CCC(=O)NC4=O)c3)C(C(F)(F)F)C2)c(C2CC2)c1. The zero-order valence-electron chi connectivity index (χ0n) is 33.4. The van der Waals surface area contributed by atoms with Gasteiger partial charge in [0.25, 0.3) is 5.91 Å². The molecule has 4 heterocycles. The van der Waals surface area contributed by atoms with Gasteiger partial charge >= 0.3 is 12.4 Å². The minimum absolute atomic E-state index is 0.0421. The number of carbonyl (C=O) groups is 4. The van der Waals surface area contributed by atoms with Crippen molar-refractivity contribution >= 4 is 63.7 Å². The molecule has 2 aromatic carbocycles. The van der Waals surface area contributed by atoms with Crippen LogP contribution in [-0.2, 0) is 25.4 Å². The number of thiocarbonyl (C=S) groups is 1. The molecular formula is C41H41F6N9O5S. The van der Waals surface area contributed by atoms with E-state index in [0.29, 0.717) is 28.9 Å². The first-order valence-electron chi connectivity index (χ1n) is 19.7. The maximum absolute atomic E-state index is 14.4. The molecule has 3 aliphatic heterocycles. The number of halogens is 6. The van der Waals surface area contributed by atoms with Crippen LogP contribution in [0, 0.1) is 11.3 Å². The van der Waals surface area contributed by atoms with Gasteiger partial charge in [-0.2, -0.15) is 31.6 Å². The van der Waals surface area contributed by atoms with Gasteiger partial charge < -0.3 is 20.3 Å². The van der Waals surface area contributed by atoms with E-state index in [0.717, 1.165) is 34.4 Å². The molecule has 4 aliphatic rings. The number of hydrogen-bond acceptors (Lipinski definition) is 11. The van der Waals surface area contributed by atoms with Gasteiger partial charge in [0.05, 0.1) is 24.0 Å². The highest BCUT2D eigenvalue weighted by Crippen LogP contribution is 2.47. The number of nitrogens with one attached hydrogen (secondary N) is 3. The number of imide groups is 1. The average Bonchev–Trinajstić information content (AvgIpc) is 4.03. The van der Waals surface area contributed by atoms with Crippen molar-refractivity contribution < 1.29 is 50.3 Å². The summed E-state index contributed by atoms with van der Waals surface area (Å²) in [5.74, 6) is -1.51. The number of hydrogen-bond donors (Lipinski definition) is 3. The Bertz CT molecular complexity index is 2330. The van der Waals surface area contributed by atoms with Crippen molar-refractivity contribution in [2.24, 2.45) is 0 Å². The molecule has 7 rings (SSSR count). The van der Waals surface area contributed by atoms with Crippen LogP contribution in [-0.4, -0.2) is 107 Å². The van der Waals surface area contributed by atoms with E-state index in [-0.39, 0.29) is 61.7 Å². The predicted molar refractivity (Wildman–Crippen MR) is 217 cm³/mol. The molecule has 14 nitrogen and oxygen atoms in total. The molecule has 1 saturated carbocycles. The topological polar surface area (TPSA) is 163 Å². The number of rotatable bonds is 12. The molecule has 328 valence electrons. The second-order valence-electron chi connectivity index (χ2n) is 16.0. The Morgan fingerprint density at radius 1 is 1.02 bits per heavy atom. The van der Waals surface area contributed by atoms with Crippen molar-refractivity contribution in [3.8, 4) is 11.8 Å². The molecule has 4 fully saturated rings. The largest absolute Gasteiger partial charge is 0.492 e. The Balaban J connectivity index is 0.970. The Hall–Kier alpha value is -5.85. The maximum atomic E-state index is 14.4. The van der Waals surface area contributed by atoms with Crippen LogP contribution in [0.4, 0.5) is 49.1 Å². The number of nitrogens with zero attached hydrogens (tertiary/aromatic N) is 6. The third-order valence-corrected chi connectivity index (χ3v) is 11.5. The summed E-state index contributed by atoms with van der Waals surface area (Å²) in [6.45, 7) is 2.62. The molecule has 1 aliphatic carbocycles. The molecule has 62 heavy (non-hydrogen) atoms. The minimum Gasteiger partial charge on any atom is -0.492 e. The Morgan fingerprint density at radius 3 is 2.44 bits per heavy atom. The molecule has 1 aromatic heterocycles. The van der Waals surface area contributed by atoms with Crippen LogP contribution >= 0.6 is 12.2 Å². The van der Waals surface area contributed by atoms with E-state index in [1.54, 1.807) is 61.2 Å². The summed E-state index contributed by atoms with van der Waals surface area (Å²) >= 11 is 5.67. The Morgan fingerprint density at radius 2 is 1.76 bits per heavy atom. The van der Waals surface area contributed by atoms with Gasteiger partial charge in [0.2, 0.25) is 17.7 Å². The molecule has 0 radical (unpaired) electrons. The first-order chi connectivity index (χ1) is 29.2. The quantitative estimate of drug-likeness (QED) is 0.118. The maximum Gasteiger partial charge on any atom is 0.419 e. The van der Waals surface area contributed by atoms with Gasteiger partial charge in [0, 0.05) is 49.7 Å². The molecule has 21 heteroatoms. The summed E-state index contributed by atoms with van der Waals surface area (Å²) in [7, 11) is 0.